The van der Waals surface area contributed by atoms with Crippen molar-refractivity contribution in [1.29, 1.82) is 0 Å². The summed E-state index contributed by atoms with van der Waals surface area (Å²) in [6.07, 6.45) is 2.33. The van der Waals surface area contributed by atoms with Crippen LogP contribution in [0.15, 0.2) is 34.9 Å². The molecule has 0 fully saturated rings. The van der Waals surface area contributed by atoms with Crippen LogP contribution in [-0.2, 0) is 6.42 Å². The summed E-state index contributed by atoms with van der Waals surface area (Å²) >= 11 is 0. The van der Waals surface area contributed by atoms with E-state index in [9.17, 15) is 8.78 Å². The molecule has 2 rings (SSSR count). The molecule has 0 aliphatic rings. The van der Waals surface area contributed by atoms with Crippen LogP contribution in [0.2, 0.25) is 0 Å². The van der Waals surface area contributed by atoms with Gasteiger partial charge in [-0.2, -0.15) is 0 Å². The first-order chi connectivity index (χ1) is 9.17. The monoisotopic (exact) mass is 265 g/mol. The van der Waals surface area contributed by atoms with Gasteiger partial charge < -0.3 is 9.73 Å². The summed E-state index contributed by atoms with van der Waals surface area (Å²) in [5, 5.41) is 3.21. The SMILES string of the molecule is CCNC(c1ccc(F)cc1F)c1ccoc1CC. The van der Waals surface area contributed by atoms with Crippen LogP contribution in [-0.4, -0.2) is 6.54 Å². The summed E-state index contributed by atoms with van der Waals surface area (Å²) in [5.41, 5.74) is 1.33. The van der Waals surface area contributed by atoms with Crippen molar-refractivity contribution in [3.63, 3.8) is 0 Å². The predicted octanol–water partition coefficient (Wildman–Crippen LogP) is 3.82. The highest BCUT2D eigenvalue weighted by atomic mass is 19.1. The molecule has 2 aromatic rings. The van der Waals surface area contributed by atoms with Crippen molar-refractivity contribution >= 4 is 0 Å². The molecule has 1 aromatic carbocycles. The van der Waals surface area contributed by atoms with Gasteiger partial charge in [-0.25, -0.2) is 8.78 Å². The molecule has 0 saturated carbocycles. The van der Waals surface area contributed by atoms with Crippen LogP contribution in [0, 0.1) is 11.6 Å². The third-order valence-corrected chi connectivity index (χ3v) is 3.09. The van der Waals surface area contributed by atoms with Crippen LogP contribution in [0.25, 0.3) is 0 Å². The van der Waals surface area contributed by atoms with Crippen LogP contribution in [0.3, 0.4) is 0 Å². The van der Waals surface area contributed by atoms with E-state index in [1.165, 1.54) is 12.1 Å². The first-order valence-corrected chi connectivity index (χ1v) is 6.42. The third-order valence-electron chi connectivity index (χ3n) is 3.09. The molecule has 1 unspecified atom stereocenters. The fourth-order valence-electron chi connectivity index (χ4n) is 2.22. The molecule has 2 nitrogen and oxygen atoms in total. The summed E-state index contributed by atoms with van der Waals surface area (Å²) in [4.78, 5) is 0. The highest BCUT2D eigenvalue weighted by molar-refractivity contribution is 5.34. The lowest BCUT2D eigenvalue weighted by atomic mass is 9.97. The fourth-order valence-corrected chi connectivity index (χ4v) is 2.22. The molecule has 19 heavy (non-hydrogen) atoms. The zero-order valence-corrected chi connectivity index (χ0v) is 11.0. The maximum Gasteiger partial charge on any atom is 0.131 e. The van der Waals surface area contributed by atoms with Crippen LogP contribution in [0.5, 0.6) is 0 Å². The third kappa shape index (κ3) is 2.84. The van der Waals surface area contributed by atoms with Gasteiger partial charge in [0, 0.05) is 23.6 Å². The normalized spacial score (nSPS) is 12.6. The molecule has 0 aliphatic carbocycles. The Morgan fingerprint density at radius 1 is 1.16 bits per heavy atom. The van der Waals surface area contributed by atoms with E-state index in [1.54, 1.807) is 6.26 Å². The van der Waals surface area contributed by atoms with Crippen LogP contribution in [0.1, 0.15) is 36.8 Å². The Morgan fingerprint density at radius 3 is 2.58 bits per heavy atom. The van der Waals surface area contributed by atoms with Gasteiger partial charge in [0.15, 0.2) is 0 Å². The lowest BCUT2D eigenvalue weighted by Crippen LogP contribution is -2.23. The standard InChI is InChI=1S/C15H17F2NO/c1-3-14-12(7-8-19-14)15(18-4-2)11-6-5-10(16)9-13(11)17/h5-9,15,18H,3-4H2,1-2H3. The number of hydrogen-bond acceptors (Lipinski definition) is 2. The van der Waals surface area contributed by atoms with Crippen LogP contribution < -0.4 is 5.32 Å². The summed E-state index contributed by atoms with van der Waals surface area (Å²) in [6, 6.07) is 5.17. The topological polar surface area (TPSA) is 25.2 Å². The van der Waals surface area contributed by atoms with Gasteiger partial charge in [-0.1, -0.05) is 19.9 Å². The molecule has 102 valence electrons. The van der Waals surface area contributed by atoms with Crippen molar-refractivity contribution in [3.05, 3.63) is 59.1 Å². The molecule has 4 heteroatoms. The molecule has 1 aromatic heterocycles. The summed E-state index contributed by atoms with van der Waals surface area (Å²) in [7, 11) is 0. The quantitative estimate of drug-likeness (QED) is 0.889. The number of benzene rings is 1. The van der Waals surface area contributed by atoms with E-state index in [2.05, 4.69) is 5.32 Å². The molecular formula is C15H17F2NO. The van der Waals surface area contributed by atoms with Crippen LogP contribution >= 0.6 is 0 Å². The molecule has 0 aliphatic heterocycles. The van der Waals surface area contributed by atoms with Gasteiger partial charge in [-0.3, -0.25) is 0 Å². The van der Waals surface area contributed by atoms with E-state index < -0.39 is 11.6 Å². The minimum Gasteiger partial charge on any atom is -0.469 e. The average Bonchev–Trinajstić information content (AvgIpc) is 2.85. The summed E-state index contributed by atoms with van der Waals surface area (Å²) in [5.74, 6) is -0.303. The molecular weight excluding hydrogens is 248 g/mol. The zero-order chi connectivity index (χ0) is 13.8. The lowest BCUT2D eigenvalue weighted by Gasteiger charge is -2.19. The van der Waals surface area contributed by atoms with Crippen LogP contribution in [0.4, 0.5) is 8.78 Å². The first-order valence-electron chi connectivity index (χ1n) is 6.42. The van der Waals surface area contributed by atoms with Crippen molar-refractivity contribution in [2.45, 2.75) is 26.3 Å². The van der Waals surface area contributed by atoms with E-state index >= 15 is 0 Å². The number of nitrogens with one attached hydrogen (secondary N) is 1. The Labute approximate surface area is 111 Å². The van der Waals surface area contributed by atoms with Gasteiger partial charge in [0.2, 0.25) is 0 Å². The predicted molar refractivity (Wildman–Crippen MR) is 70.0 cm³/mol. The molecule has 0 saturated heterocycles. The van der Waals surface area contributed by atoms with E-state index in [0.717, 1.165) is 23.8 Å². The highest BCUT2D eigenvalue weighted by Crippen LogP contribution is 2.28. The molecule has 1 heterocycles. The Kier molecular flexibility index (Phi) is 4.32. The van der Waals surface area contributed by atoms with Crippen molar-refractivity contribution in [3.8, 4) is 0 Å². The smallest absolute Gasteiger partial charge is 0.131 e. The molecule has 0 amide bonds. The van der Waals surface area contributed by atoms with Gasteiger partial charge in [-0.15, -0.1) is 0 Å². The Balaban J connectivity index is 2.45. The number of aryl methyl sites for hydroxylation is 1. The van der Waals surface area contributed by atoms with Gasteiger partial charge in [0.05, 0.1) is 12.3 Å². The van der Waals surface area contributed by atoms with Crippen molar-refractivity contribution in [2.24, 2.45) is 0 Å². The first kappa shape index (κ1) is 13.7. The number of rotatable bonds is 5. The van der Waals surface area contributed by atoms with Crippen molar-refractivity contribution in [2.75, 3.05) is 6.54 Å². The minimum absolute atomic E-state index is 0.320. The van der Waals surface area contributed by atoms with Gasteiger partial charge in [-0.05, 0) is 18.7 Å². The maximum absolute atomic E-state index is 13.9. The molecule has 0 spiro atoms. The summed E-state index contributed by atoms with van der Waals surface area (Å²) in [6.45, 7) is 4.60. The second-order valence-electron chi connectivity index (χ2n) is 4.31. The van der Waals surface area contributed by atoms with E-state index in [4.69, 9.17) is 4.42 Å². The Morgan fingerprint density at radius 2 is 1.95 bits per heavy atom. The van der Waals surface area contributed by atoms with Gasteiger partial charge in [0.25, 0.3) is 0 Å². The highest BCUT2D eigenvalue weighted by Gasteiger charge is 2.21. The largest absolute Gasteiger partial charge is 0.469 e. The Bertz CT molecular complexity index is 551. The lowest BCUT2D eigenvalue weighted by molar-refractivity contribution is 0.495. The van der Waals surface area contributed by atoms with E-state index in [0.29, 0.717) is 12.1 Å². The number of furan rings is 1. The maximum atomic E-state index is 13.9. The number of hydrogen-bond donors (Lipinski definition) is 1. The van der Waals surface area contributed by atoms with Crippen molar-refractivity contribution in [1.82, 2.24) is 5.32 Å². The fraction of sp³-hybridized carbons (Fsp3) is 0.333. The minimum atomic E-state index is -0.570. The van der Waals surface area contributed by atoms with Crippen molar-refractivity contribution < 1.29 is 13.2 Å². The molecule has 1 atom stereocenters. The molecule has 0 bridgehead atoms. The van der Waals surface area contributed by atoms with E-state index in [-0.39, 0.29) is 6.04 Å². The van der Waals surface area contributed by atoms with E-state index in [1.807, 2.05) is 19.9 Å². The zero-order valence-electron chi connectivity index (χ0n) is 11.0. The molecule has 1 N–H and O–H groups in total. The average molecular weight is 265 g/mol. The van der Waals surface area contributed by atoms with Gasteiger partial charge in [0.1, 0.15) is 17.4 Å². The second-order valence-corrected chi connectivity index (χ2v) is 4.31. The van der Waals surface area contributed by atoms with Gasteiger partial charge >= 0.3 is 0 Å². The second kappa shape index (κ2) is 5.97. The summed E-state index contributed by atoms with van der Waals surface area (Å²) < 4.78 is 32.3. The molecule has 0 radical (unpaired) electrons. The Hall–Kier alpha value is -1.68. The number of halogens is 2.